The summed E-state index contributed by atoms with van der Waals surface area (Å²) >= 11 is 0. The fraction of sp³-hybridized carbons (Fsp3) is 0.533. The predicted octanol–water partition coefficient (Wildman–Crippen LogP) is 2.73. The van der Waals surface area contributed by atoms with E-state index in [4.69, 9.17) is 4.74 Å². The molecule has 1 amide bonds. The highest BCUT2D eigenvalue weighted by molar-refractivity contribution is 5.70. The van der Waals surface area contributed by atoms with Crippen LogP contribution in [0.25, 0.3) is 0 Å². The summed E-state index contributed by atoms with van der Waals surface area (Å²) in [6.07, 6.45) is -0.491. The Morgan fingerprint density at radius 2 is 1.82 bits per heavy atom. The van der Waals surface area contributed by atoms with Crippen LogP contribution in [0.15, 0.2) is 24.3 Å². The molecule has 0 radical (unpaired) electrons. The van der Waals surface area contributed by atoms with E-state index in [-0.39, 0.29) is 18.8 Å². The molecule has 1 saturated heterocycles. The molecule has 0 saturated carbocycles. The number of halogens is 2. The molecule has 1 N–H and O–H groups in total. The van der Waals surface area contributed by atoms with E-state index in [2.05, 4.69) is 4.74 Å². The van der Waals surface area contributed by atoms with Crippen molar-refractivity contribution in [2.75, 3.05) is 13.1 Å². The molecule has 1 aliphatic heterocycles. The SMILES string of the molecule is CC(C)(C)OC(=O)N1CC(O)(c2ccc(OC(F)F)cc2)C1. The van der Waals surface area contributed by atoms with Gasteiger partial charge in [-0.1, -0.05) is 12.1 Å². The quantitative estimate of drug-likeness (QED) is 0.932. The van der Waals surface area contributed by atoms with Crippen molar-refractivity contribution in [3.63, 3.8) is 0 Å². The van der Waals surface area contributed by atoms with Crippen LogP contribution < -0.4 is 4.74 Å². The second kappa shape index (κ2) is 5.72. The Morgan fingerprint density at radius 1 is 1.27 bits per heavy atom. The number of rotatable bonds is 3. The van der Waals surface area contributed by atoms with Crippen molar-refractivity contribution >= 4 is 6.09 Å². The van der Waals surface area contributed by atoms with Gasteiger partial charge >= 0.3 is 12.7 Å². The molecule has 0 spiro atoms. The molecular weight excluding hydrogens is 296 g/mol. The van der Waals surface area contributed by atoms with Gasteiger partial charge in [-0.2, -0.15) is 8.78 Å². The summed E-state index contributed by atoms with van der Waals surface area (Å²) in [7, 11) is 0. The summed E-state index contributed by atoms with van der Waals surface area (Å²) in [4.78, 5) is 13.2. The number of carbonyl (C=O) groups is 1. The molecule has 0 bridgehead atoms. The Balaban J connectivity index is 1.96. The fourth-order valence-electron chi connectivity index (χ4n) is 2.17. The molecule has 22 heavy (non-hydrogen) atoms. The highest BCUT2D eigenvalue weighted by atomic mass is 19.3. The molecule has 1 aromatic carbocycles. The number of carbonyl (C=O) groups excluding carboxylic acids is 1. The van der Waals surface area contributed by atoms with E-state index in [1.165, 1.54) is 29.2 Å². The Hall–Kier alpha value is -1.89. The van der Waals surface area contributed by atoms with Crippen molar-refractivity contribution in [2.24, 2.45) is 0 Å². The molecule has 1 aromatic rings. The van der Waals surface area contributed by atoms with Crippen LogP contribution in [0.2, 0.25) is 0 Å². The van der Waals surface area contributed by atoms with Gasteiger partial charge in [-0.05, 0) is 38.5 Å². The van der Waals surface area contributed by atoms with Gasteiger partial charge in [-0.3, -0.25) is 0 Å². The van der Waals surface area contributed by atoms with E-state index in [1.807, 2.05) is 0 Å². The molecule has 0 aromatic heterocycles. The predicted molar refractivity (Wildman–Crippen MR) is 74.8 cm³/mol. The minimum absolute atomic E-state index is 0.0191. The number of benzene rings is 1. The minimum atomic E-state index is -2.89. The Kier molecular flexibility index (Phi) is 4.28. The zero-order valence-corrected chi connectivity index (χ0v) is 12.7. The summed E-state index contributed by atoms with van der Waals surface area (Å²) in [5.74, 6) is 0.0191. The molecule has 7 heteroatoms. The smallest absolute Gasteiger partial charge is 0.410 e. The standard InChI is InChI=1S/C15H19F2NO4/c1-14(2,3)22-13(19)18-8-15(20,9-18)10-4-6-11(7-5-10)21-12(16)17/h4-7,12,20H,8-9H2,1-3H3. The number of hydrogen-bond donors (Lipinski definition) is 1. The Labute approximate surface area is 127 Å². The lowest BCUT2D eigenvalue weighted by Gasteiger charge is -2.46. The first-order chi connectivity index (χ1) is 10.1. The number of alkyl halides is 2. The number of nitrogens with zero attached hydrogens (tertiary/aromatic N) is 1. The van der Waals surface area contributed by atoms with Crippen molar-refractivity contribution in [2.45, 2.75) is 38.6 Å². The number of amides is 1. The minimum Gasteiger partial charge on any atom is -0.444 e. The highest BCUT2D eigenvalue weighted by Gasteiger charge is 2.46. The molecular formula is C15H19F2NO4. The largest absolute Gasteiger partial charge is 0.444 e. The topological polar surface area (TPSA) is 59.0 Å². The van der Waals surface area contributed by atoms with Gasteiger partial charge in [0.15, 0.2) is 0 Å². The van der Waals surface area contributed by atoms with Crippen LogP contribution >= 0.6 is 0 Å². The summed E-state index contributed by atoms with van der Waals surface area (Å²) in [6.45, 7) is 2.59. The second-order valence-corrected chi connectivity index (χ2v) is 6.27. The maximum Gasteiger partial charge on any atom is 0.410 e. The Bertz CT molecular complexity index is 533. The Morgan fingerprint density at radius 3 is 2.27 bits per heavy atom. The van der Waals surface area contributed by atoms with Crippen LogP contribution in [0.3, 0.4) is 0 Å². The molecule has 5 nitrogen and oxygen atoms in total. The van der Waals surface area contributed by atoms with Gasteiger partial charge in [-0.15, -0.1) is 0 Å². The van der Waals surface area contributed by atoms with Gasteiger partial charge < -0.3 is 19.5 Å². The third-order valence-corrected chi connectivity index (χ3v) is 3.17. The monoisotopic (exact) mass is 315 g/mol. The first-order valence-corrected chi connectivity index (χ1v) is 6.85. The van der Waals surface area contributed by atoms with Crippen LogP contribution in [-0.4, -0.2) is 41.4 Å². The van der Waals surface area contributed by atoms with E-state index >= 15 is 0 Å². The lowest BCUT2D eigenvalue weighted by molar-refractivity contribution is -0.103. The van der Waals surface area contributed by atoms with Gasteiger partial charge in [0.2, 0.25) is 0 Å². The zero-order chi connectivity index (χ0) is 16.5. The lowest BCUT2D eigenvalue weighted by Crippen LogP contribution is -2.61. The number of aliphatic hydroxyl groups is 1. The molecule has 122 valence electrons. The van der Waals surface area contributed by atoms with Crippen LogP contribution in [0.5, 0.6) is 5.75 Å². The van der Waals surface area contributed by atoms with Crippen LogP contribution in [0, 0.1) is 0 Å². The summed E-state index contributed by atoms with van der Waals surface area (Å²) < 4.78 is 33.6. The van der Waals surface area contributed by atoms with Crippen molar-refractivity contribution in [1.82, 2.24) is 4.90 Å². The van der Waals surface area contributed by atoms with Crippen LogP contribution in [0.4, 0.5) is 13.6 Å². The van der Waals surface area contributed by atoms with E-state index in [0.717, 1.165) is 0 Å². The third kappa shape index (κ3) is 3.85. The zero-order valence-electron chi connectivity index (χ0n) is 12.7. The molecule has 0 unspecified atom stereocenters. The number of ether oxygens (including phenoxy) is 2. The normalized spacial score (nSPS) is 17.1. The van der Waals surface area contributed by atoms with E-state index in [1.54, 1.807) is 20.8 Å². The average Bonchev–Trinajstić information content (AvgIpc) is 2.33. The van der Waals surface area contributed by atoms with E-state index < -0.39 is 23.9 Å². The lowest BCUT2D eigenvalue weighted by atomic mass is 9.86. The molecule has 2 rings (SSSR count). The maximum absolute atomic E-state index is 12.1. The number of hydrogen-bond acceptors (Lipinski definition) is 4. The van der Waals surface area contributed by atoms with E-state index in [9.17, 15) is 18.7 Å². The second-order valence-electron chi connectivity index (χ2n) is 6.27. The molecule has 1 heterocycles. The van der Waals surface area contributed by atoms with Gasteiger partial charge in [-0.25, -0.2) is 4.79 Å². The molecule has 1 fully saturated rings. The van der Waals surface area contributed by atoms with Crippen molar-refractivity contribution < 1.29 is 28.2 Å². The number of β-amino-alcohol motifs (C(OH)–C–C–N with tert-alkyl or cyclic N) is 1. The van der Waals surface area contributed by atoms with E-state index in [0.29, 0.717) is 5.56 Å². The molecule has 0 atom stereocenters. The summed E-state index contributed by atoms with van der Waals surface area (Å²) in [6, 6.07) is 5.72. The van der Waals surface area contributed by atoms with Gasteiger partial charge in [0.25, 0.3) is 0 Å². The number of likely N-dealkylation sites (tertiary alicyclic amines) is 1. The van der Waals surface area contributed by atoms with Gasteiger partial charge in [0.05, 0.1) is 13.1 Å². The van der Waals surface area contributed by atoms with Gasteiger partial charge in [0.1, 0.15) is 17.0 Å². The average molecular weight is 315 g/mol. The maximum atomic E-state index is 12.1. The van der Waals surface area contributed by atoms with Crippen LogP contribution in [0.1, 0.15) is 26.3 Å². The first-order valence-electron chi connectivity index (χ1n) is 6.85. The first kappa shape index (κ1) is 16.5. The molecule has 1 aliphatic rings. The van der Waals surface area contributed by atoms with Crippen molar-refractivity contribution in [1.29, 1.82) is 0 Å². The summed E-state index contributed by atoms with van der Waals surface area (Å²) in [5, 5.41) is 10.4. The van der Waals surface area contributed by atoms with Crippen molar-refractivity contribution in [3.8, 4) is 5.75 Å². The van der Waals surface area contributed by atoms with Crippen LogP contribution in [-0.2, 0) is 10.3 Å². The highest BCUT2D eigenvalue weighted by Crippen LogP contribution is 2.33. The summed E-state index contributed by atoms with van der Waals surface area (Å²) in [5.41, 5.74) is -1.26. The fourth-order valence-corrected chi connectivity index (χ4v) is 2.17. The third-order valence-electron chi connectivity index (χ3n) is 3.17. The van der Waals surface area contributed by atoms with Crippen molar-refractivity contribution in [3.05, 3.63) is 29.8 Å². The van der Waals surface area contributed by atoms with Gasteiger partial charge in [0, 0.05) is 0 Å². The molecule has 0 aliphatic carbocycles.